The molecule has 0 saturated heterocycles. The van der Waals surface area contributed by atoms with Crippen LogP contribution in [0.15, 0.2) is 56.6 Å². The van der Waals surface area contributed by atoms with Gasteiger partial charge < -0.3 is 9.73 Å². The summed E-state index contributed by atoms with van der Waals surface area (Å²) >= 11 is 1.52. The molecule has 0 aliphatic rings. The maximum absolute atomic E-state index is 13.0. The number of carbonyl (C=O) groups excluding carboxylic acids is 1. The van der Waals surface area contributed by atoms with Gasteiger partial charge in [0.05, 0.1) is 10.4 Å². The predicted octanol–water partition coefficient (Wildman–Crippen LogP) is 2.73. The van der Waals surface area contributed by atoms with Gasteiger partial charge in [-0.15, -0.1) is 0 Å². The number of fused-ring (bicyclic) bond motifs is 1. The topological polar surface area (TPSA) is 110 Å². The number of anilines is 1. The van der Waals surface area contributed by atoms with E-state index in [2.05, 4.69) is 10.0 Å². The summed E-state index contributed by atoms with van der Waals surface area (Å²) in [7, 11) is -2.49. The minimum absolute atomic E-state index is 0.0800. The van der Waals surface area contributed by atoms with Gasteiger partial charge in [-0.1, -0.05) is 19.1 Å². The van der Waals surface area contributed by atoms with Gasteiger partial charge in [0.25, 0.3) is 0 Å². The highest BCUT2D eigenvalue weighted by Crippen LogP contribution is 2.19. The van der Waals surface area contributed by atoms with Crippen molar-refractivity contribution in [2.24, 2.45) is 7.05 Å². The van der Waals surface area contributed by atoms with Crippen molar-refractivity contribution in [2.45, 2.75) is 30.7 Å². The second-order valence-corrected chi connectivity index (χ2v) is 9.75. The first-order valence-electron chi connectivity index (χ1n) is 9.76. The zero-order chi connectivity index (χ0) is 22.6. The zero-order valence-corrected chi connectivity index (χ0v) is 19.2. The smallest absolute Gasteiger partial charge is 0.408 e. The summed E-state index contributed by atoms with van der Waals surface area (Å²) in [4.78, 5) is 24.4. The van der Waals surface area contributed by atoms with Crippen molar-refractivity contribution in [1.29, 1.82) is 0 Å². The highest BCUT2D eigenvalue weighted by molar-refractivity contribution is 7.98. The van der Waals surface area contributed by atoms with Crippen molar-refractivity contribution in [3.63, 3.8) is 0 Å². The van der Waals surface area contributed by atoms with Crippen LogP contribution in [-0.2, 0) is 28.3 Å². The van der Waals surface area contributed by atoms with Gasteiger partial charge in [-0.3, -0.25) is 9.36 Å². The largest absolute Gasteiger partial charge is 0.419 e. The van der Waals surface area contributed by atoms with E-state index >= 15 is 0 Å². The number of rotatable bonds is 9. The van der Waals surface area contributed by atoms with Crippen LogP contribution in [0.3, 0.4) is 0 Å². The average molecular weight is 464 g/mol. The van der Waals surface area contributed by atoms with Crippen LogP contribution in [0.4, 0.5) is 5.69 Å². The number of sulfonamides is 1. The summed E-state index contributed by atoms with van der Waals surface area (Å²) in [5.74, 6) is -0.417. The molecule has 1 amide bonds. The first-order chi connectivity index (χ1) is 14.7. The van der Waals surface area contributed by atoms with Crippen LogP contribution < -0.4 is 15.8 Å². The fraction of sp³-hybridized carbons (Fsp3) is 0.333. The molecule has 0 fully saturated rings. The van der Waals surface area contributed by atoms with Crippen LogP contribution in [0.25, 0.3) is 11.1 Å². The average Bonchev–Trinajstić information content (AvgIpc) is 3.04. The molecule has 166 valence electrons. The summed E-state index contributed by atoms with van der Waals surface area (Å²) < 4.78 is 34.8. The summed E-state index contributed by atoms with van der Waals surface area (Å²) in [5, 5.41) is 2.78. The molecule has 3 rings (SSSR count). The number of hydrogen-bond donors (Lipinski definition) is 2. The van der Waals surface area contributed by atoms with Gasteiger partial charge in [0.15, 0.2) is 5.58 Å². The van der Waals surface area contributed by atoms with Crippen LogP contribution in [0.2, 0.25) is 0 Å². The molecule has 0 radical (unpaired) electrons. The van der Waals surface area contributed by atoms with Crippen molar-refractivity contribution in [3.8, 4) is 0 Å². The molecule has 0 unspecified atom stereocenters. The molecule has 0 aliphatic heterocycles. The Hall–Kier alpha value is -2.56. The fourth-order valence-electron chi connectivity index (χ4n) is 3.07. The fourth-order valence-corrected chi connectivity index (χ4v) is 4.79. The standard InChI is InChI=1S/C21H25N3O5S2/c1-4-14-5-7-15(8-6-14)22-20(25)17(11-12-30-3)23-31(27,28)16-9-10-18-19(13-16)29-21(26)24(18)2/h5-10,13,17,23H,4,11-12H2,1-3H3,(H,22,25)/t17-/m0/s1. The molecule has 2 N–H and O–H groups in total. The lowest BCUT2D eigenvalue weighted by atomic mass is 10.1. The van der Waals surface area contributed by atoms with Gasteiger partial charge in [0.2, 0.25) is 15.9 Å². The molecule has 1 aromatic heterocycles. The van der Waals surface area contributed by atoms with Crippen LogP contribution in [-0.4, -0.2) is 36.9 Å². The second-order valence-electron chi connectivity index (χ2n) is 7.05. The number of benzene rings is 2. The number of hydrogen-bond acceptors (Lipinski definition) is 6. The van der Waals surface area contributed by atoms with E-state index in [0.717, 1.165) is 12.0 Å². The van der Waals surface area contributed by atoms with E-state index in [1.807, 2.05) is 25.3 Å². The Kier molecular flexibility index (Phi) is 7.24. The van der Waals surface area contributed by atoms with E-state index in [9.17, 15) is 18.0 Å². The third-order valence-corrected chi connectivity index (χ3v) is 7.04. The third-order valence-electron chi connectivity index (χ3n) is 4.93. The van der Waals surface area contributed by atoms with Gasteiger partial charge in [0, 0.05) is 18.8 Å². The van der Waals surface area contributed by atoms with Gasteiger partial charge in [0.1, 0.15) is 6.04 Å². The SMILES string of the molecule is CCc1ccc(NC(=O)[C@H](CCSC)NS(=O)(=O)c2ccc3c(c2)oc(=O)n3C)cc1. The Morgan fingerprint density at radius 2 is 1.90 bits per heavy atom. The number of nitrogens with one attached hydrogen (secondary N) is 2. The minimum Gasteiger partial charge on any atom is -0.408 e. The quantitative estimate of drug-likeness (QED) is 0.505. The van der Waals surface area contributed by atoms with E-state index in [1.165, 1.54) is 41.6 Å². The number of carbonyl (C=O) groups is 1. The van der Waals surface area contributed by atoms with E-state index in [4.69, 9.17) is 4.42 Å². The van der Waals surface area contributed by atoms with Gasteiger partial charge in [-0.25, -0.2) is 13.2 Å². The first kappa shape index (κ1) is 23.1. The van der Waals surface area contributed by atoms with Crippen molar-refractivity contribution in [1.82, 2.24) is 9.29 Å². The normalized spacial score (nSPS) is 12.7. The lowest BCUT2D eigenvalue weighted by Gasteiger charge is -2.18. The summed E-state index contributed by atoms with van der Waals surface area (Å²) in [6, 6.07) is 10.6. The Morgan fingerprint density at radius 1 is 1.19 bits per heavy atom. The molecule has 0 spiro atoms. The Balaban J connectivity index is 1.82. The van der Waals surface area contributed by atoms with E-state index in [0.29, 0.717) is 23.4 Å². The van der Waals surface area contributed by atoms with Crippen LogP contribution in [0, 0.1) is 0 Å². The number of nitrogens with zero attached hydrogens (tertiary/aromatic N) is 1. The van der Waals surface area contributed by atoms with Crippen LogP contribution in [0.5, 0.6) is 0 Å². The molecule has 10 heteroatoms. The number of aryl methyl sites for hydroxylation is 2. The van der Waals surface area contributed by atoms with Crippen molar-refractivity contribution in [3.05, 3.63) is 58.6 Å². The Morgan fingerprint density at radius 3 is 2.55 bits per heavy atom. The molecule has 1 atom stereocenters. The molecule has 3 aromatic rings. The maximum atomic E-state index is 13.0. The molecule has 31 heavy (non-hydrogen) atoms. The highest BCUT2D eigenvalue weighted by atomic mass is 32.2. The molecule has 8 nitrogen and oxygen atoms in total. The van der Waals surface area contributed by atoms with E-state index in [-0.39, 0.29) is 10.5 Å². The zero-order valence-electron chi connectivity index (χ0n) is 17.5. The Labute approximate surface area is 185 Å². The lowest BCUT2D eigenvalue weighted by Crippen LogP contribution is -2.44. The summed E-state index contributed by atoms with van der Waals surface area (Å²) in [6.07, 6.45) is 3.09. The molecule has 0 aliphatic carbocycles. The molecule has 0 saturated carbocycles. The maximum Gasteiger partial charge on any atom is 0.419 e. The van der Waals surface area contributed by atoms with Crippen LogP contribution in [0.1, 0.15) is 18.9 Å². The van der Waals surface area contributed by atoms with E-state index < -0.39 is 27.7 Å². The first-order valence-corrected chi connectivity index (χ1v) is 12.6. The summed E-state index contributed by atoms with van der Waals surface area (Å²) in [5.41, 5.74) is 2.39. The lowest BCUT2D eigenvalue weighted by molar-refractivity contribution is -0.117. The minimum atomic E-state index is -4.02. The third kappa shape index (κ3) is 5.38. The van der Waals surface area contributed by atoms with Gasteiger partial charge >= 0.3 is 5.76 Å². The number of aromatic nitrogens is 1. The summed E-state index contributed by atoms with van der Waals surface area (Å²) in [6.45, 7) is 2.04. The number of thioether (sulfide) groups is 1. The predicted molar refractivity (Wildman–Crippen MR) is 123 cm³/mol. The number of amides is 1. The van der Waals surface area contributed by atoms with E-state index in [1.54, 1.807) is 12.1 Å². The van der Waals surface area contributed by atoms with Gasteiger partial charge in [-0.2, -0.15) is 16.5 Å². The molecular formula is C21H25N3O5S2. The van der Waals surface area contributed by atoms with Crippen LogP contribution >= 0.6 is 11.8 Å². The molecule has 2 aromatic carbocycles. The second kappa shape index (κ2) is 9.71. The molecular weight excluding hydrogens is 438 g/mol. The van der Waals surface area contributed by atoms with Gasteiger partial charge in [-0.05, 0) is 54.7 Å². The van der Waals surface area contributed by atoms with Crippen molar-refractivity contribution >= 4 is 44.5 Å². The van der Waals surface area contributed by atoms with Crippen molar-refractivity contribution < 1.29 is 17.6 Å². The highest BCUT2D eigenvalue weighted by Gasteiger charge is 2.26. The monoisotopic (exact) mass is 463 g/mol. The molecule has 0 bridgehead atoms. The number of oxazole rings is 1. The van der Waals surface area contributed by atoms with Crippen molar-refractivity contribution in [2.75, 3.05) is 17.3 Å². The molecule has 1 heterocycles. The Bertz CT molecular complexity index is 1230.